The molecule has 4 rings (SSSR count). The summed E-state index contributed by atoms with van der Waals surface area (Å²) in [4.78, 5) is 12.7. The third-order valence-corrected chi connectivity index (χ3v) is 8.22. The molecular formula is C25H27N3O3S. The number of para-hydroxylation sites is 1. The minimum atomic E-state index is -3.30. The molecule has 1 saturated carbocycles. The molecule has 1 aliphatic rings. The van der Waals surface area contributed by atoms with E-state index in [2.05, 4.69) is 10.4 Å². The second kappa shape index (κ2) is 9.12. The SMILES string of the molecule is Cc1nn(-c2ccccc2)c(C)c1/C=C/C(=O)Nc1ccc(S(=O)(=O)C2CCCC2)cc1. The fraction of sp³-hybridized carbons (Fsp3) is 0.280. The molecule has 0 unspecified atom stereocenters. The highest BCUT2D eigenvalue weighted by atomic mass is 32.2. The van der Waals surface area contributed by atoms with Crippen LogP contribution in [0.2, 0.25) is 0 Å². The Labute approximate surface area is 188 Å². The maximum Gasteiger partial charge on any atom is 0.248 e. The van der Waals surface area contributed by atoms with E-state index in [9.17, 15) is 13.2 Å². The van der Waals surface area contributed by atoms with Gasteiger partial charge in [-0.15, -0.1) is 0 Å². The molecule has 0 radical (unpaired) electrons. The van der Waals surface area contributed by atoms with Crippen molar-refractivity contribution >= 4 is 27.5 Å². The van der Waals surface area contributed by atoms with E-state index in [0.29, 0.717) is 10.6 Å². The van der Waals surface area contributed by atoms with E-state index in [4.69, 9.17) is 0 Å². The van der Waals surface area contributed by atoms with Crippen LogP contribution < -0.4 is 5.32 Å². The van der Waals surface area contributed by atoms with Gasteiger partial charge >= 0.3 is 0 Å². The van der Waals surface area contributed by atoms with Crippen molar-refractivity contribution < 1.29 is 13.2 Å². The maximum absolute atomic E-state index is 12.7. The lowest BCUT2D eigenvalue weighted by Gasteiger charge is -2.11. The smallest absolute Gasteiger partial charge is 0.248 e. The minimum Gasteiger partial charge on any atom is -0.323 e. The molecule has 0 spiro atoms. The number of rotatable bonds is 6. The van der Waals surface area contributed by atoms with Crippen molar-refractivity contribution in [1.29, 1.82) is 0 Å². The summed E-state index contributed by atoms with van der Waals surface area (Å²) in [5.41, 5.74) is 4.18. The molecule has 1 aromatic heterocycles. The summed E-state index contributed by atoms with van der Waals surface area (Å²) in [6.45, 7) is 3.88. The molecule has 2 aromatic carbocycles. The zero-order valence-corrected chi connectivity index (χ0v) is 19.1. The van der Waals surface area contributed by atoms with Crippen LogP contribution in [0.3, 0.4) is 0 Å². The Balaban J connectivity index is 1.45. The van der Waals surface area contributed by atoms with Crippen molar-refractivity contribution in [2.24, 2.45) is 0 Å². The molecule has 3 aromatic rings. The predicted molar refractivity (Wildman–Crippen MR) is 127 cm³/mol. The Morgan fingerprint density at radius 3 is 2.34 bits per heavy atom. The van der Waals surface area contributed by atoms with Gasteiger partial charge in [0.05, 0.1) is 21.5 Å². The van der Waals surface area contributed by atoms with Crippen LogP contribution in [-0.4, -0.2) is 29.4 Å². The summed E-state index contributed by atoms with van der Waals surface area (Å²) in [7, 11) is -3.30. The average Bonchev–Trinajstić information content (AvgIpc) is 3.43. The largest absolute Gasteiger partial charge is 0.323 e. The summed E-state index contributed by atoms with van der Waals surface area (Å²) in [5.74, 6) is -0.289. The summed E-state index contributed by atoms with van der Waals surface area (Å²) in [5, 5.41) is 7.09. The number of benzene rings is 2. The first-order valence-electron chi connectivity index (χ1n) is 10.8. The van der Waals surface area contributed by atoms with Crippen molar-refractivity contribution in [2.45, 2.75) is 49.7 Å². The number of aromatic nitrogens is 2. The number of carbonyl (C=O) groups is 1. The molecule has 0 bridgehead atoms. The van der Waals surface area contributed by atoms with Crippen LogP contribution >= 0.6 is 0 Å². The van der Waals surface area contributed by atoms with Gasteiger partial charge < -0.3 is 5.32 Å². The Morgan fingerprint density at radius 2 is 1.69 bits per heavy atom. The molecule has 6 nitrogen and oxygen atoms in total. The third kappa shape index (κ3) is 4.53. The second-order valence-electron chi connectivity index (χ2n) is 8.13. The number of aryl methyl sites for hydroxylation is 1. The normalized spacial score (nSPS) is 14.8. The number of carbonyl (C=O) groups excluding carboxylic acids is 1. The van der Waals surface area contributed by atoms with Crippen LogP contribution in [0.4, 0.5) is 5.69 Å². The fourth-order valence-corrected chi connectivity index (χ4v) is 6.03. The second-order valence-corrected chi connectivity index (χ2v) is 10.4. The molecule has 32 heavy (non-hydrogen) atoms. The molecule has 1 fully saturated rings. The number of hydrogen-bond donors (Lipinski definition) is 1. The van der Waals surface area contributed by atoms with Gasteiger partial charge in [0.15, 0.2) is 9.84 Å². The van der Waals surface area contributed by atoms with Crippen LogP contribution in [-0.2, 0) is 14.6 Å². The van der Waals surface area contributed by atoms with E-state index >= 15 is 0 Å². The quantitative estimate of drug-likeness (QED) is 0.545. The van der Waals surface area contributed by atoms with E-state index < -0.39 is 9.84 Å². The Hall–Kier alpha value is -3.19. The van der Waals surface area contributed by atoms with Crippen LogP contribution in [0, 0.1) is 13.8 Å². The van der Waals surface area contributed by atoms with E-state index in [1.165, 1.54) is 6.08 Å². The molecule has 1 amide bonds. The first kappa shape index (κ1) is 22.0. The standard InChI is InChI=1S/C25H27N3O3S/c1-18-24(19(2)28(27-18)21-8-4-3-5-9-21)16-17-25(29)26-20-12-14-23(15-13-20)32(30,31)22-10-6-7-11-22/h3-5,8-9,12-17,22H,6-7,10-11H2,1-2H3,(H,26,29)/b17-16+. The maximum atomic E-state index is 12.7. The molecule has 1 heterocycles. The fourth-order valence-electron chi connectivity index (χ4n) is 4.18. The Bertz CT molecular complexity index is 1240. The lowest BCUT2D eigenvalue weighted by molar-refractivity contribution is -0.111. The Kier molecular flexibility index (Phi) is 6.28. The topological polar surface area (TPSA) is 81.1 Å². The molecule has 166 valence electrons. The molecule has 1 aliphatic carbocycles. The van der Waals surface area contributed by atoms with Gasteiger partial charge in [-0.2, -0.15) is 5.10 Å². The number of nitrogens with zero attached hydrogens (tertiary/aromatic N) is 2. The van der Waals surface area contributed by atoms with Gasteiger partial charge in [-0.25, -0.2) is 13.1 Å². The predicted octanol–water partition coefficient (Wildman–Crippen LogP) is 4.86. The minimum absolute atomic E-state index is 0.283. The zero-order chi connectivity index (χ0) is 22.7. The first-order chi connectivity index (χ1) is 15.4. The van der Waals surface area contributed by atoms with Gasteiger partial charge in [0.25, 0.3) is 0 Å². The molecule has 0 atom stereocenters. The van der Waals surface area contributed by atoms with Gasteiger partial charge in [0.2, 0.25) is 5.91 Å². The molecule has 1 N–H and O–H groups in total. The number of amides is 1. The van der Waals surface area contributed by atoms with E-state index in [0.717, 1.165) is 48.3 Å². The van der Waals surface area contributed by atoms with Crippen molar-refractivity contribution in [2.75, 3.05) is 5.32 Å². The van der Waals surface area contributed by atoms with E-state index in [1.807, 2.05) is 48.9 Å². The highest BCUT2D eigenvalue weighted by Crippen LogP contribution is 2.30. The van der Waals surface area contributed by atoms with E-state index in [-0.39, 0.29) is 11.2 Å². The highest BCUT2D eigenvalue weighted by molar-refractivity contribution is 7.92. The van der Waals surface area contributed by atoms with Crippen LogP contribution in [0.15, 0.2) is 65.6 Å². The number of hydrogen-bond acceptors (Lipinski definition) is 4. The zero-order valence-electron chi connectivity index (χ0n) is 18.3. The Morgan fingerprint density at radius 1 is 1.03 bits per heavy atom. The molecule has 0 saturated heterocycles. The summed E-state index contributed by atoms with van der Waals surface area (Å²) in [6, 6.07) is 16.3. The summed E-state index contributed by atoms with van der Waals surface area (Å²) < 4.78 is 27.2. The lowest BCUT2D eigenvalue weighted by Crippen LogP contribution is -2.17. The number of sulfone groups is 1. The van der Waals surface area contributed by atoms with Crippen molar-refractivity contribution in [1.82, 2.24) is 9.78 Å². The van der Waals surface area contributed by atoms with Crippen molar-refractivity contribution in [3.05, 3.63) is 77.6 Å². The molecular weight excluding hydrogens is 422 g/mol. The molecule has 0 aliphatic heterocycles. The third-order valence-electron chi connectivity index (χ3n) is 5.94. The lowest BCUT2D eigenvalue weighted by atomic mass is 10.2. The van der Waals surface area contributed by atoms with Crippen molar-refractivity contribution in [3.63, 3.8) is 0 Å². The van der Waals surface area contributed by atoms with Gasteiger partial charge in [-0.05, 0) is 69.2 Å². The van der Waals surface area contributed by atoms with Gasteiger partial charge in [-0.1, -0.05) is 31.0 Å². The van der Waals surface area contributed by atoms with Crippen LogP contribution in [0.5, 0.6) is 0 Å². The van der Waals surface area contributed by atoms with Crippen molar-refractivity contribution in [3.8, 4) is 5.69 Å². The average molecular weight is 450 g/mol. The van der Waals surface area contributed by atoms with Gasteiger partial charge in [-0.3, -0.25) is 4.79 Å². The van der Waals surface area contributed by atoms with E-state index in [1.54, 1.807) is 30.3 Å². The van der Waals surface area contributed by atoms with Gasteiger partial charge in [0, 0.05) is 23.0 Å². The highest BCUT2D eigenvalue weighted by Gasteiger charge is 2.30. The van der Waals surface area contributed by atoms with Crippen LogP contribution in [0.1, 0.15) is 42.6 Å². The summed E-state index contributed by atoms with van der Waals surface area (Å²) >= 11 is 0. The molecule has 7 heteroatoms. The van der Waals surface area contributed by atoms with Gasteiger partial charge in [0.1, 0.15) is 0 Å². The first-order valence-corrected chi connectivity index (χ1v) is 12.4. The number of nitrogens with one attached hydrogen (secondary N) is 1. The summed E-state index contributed by atoms with van der Waals surface area (Å²) in [6.07, 6.45) is 6.61. The van der Waals surface area contributed by atoms with Crippen LogP contribution in [0.25, 0.3) is 11.8 Å². The number of anilines is 1. The monoisotopic (exact) mass is 449 g/mol.